The molecule has 0 bridgehead atoms. The lowest BCUT2D eigenvalue weighted by Gasteiger charge is -2.16. The van der Waals surface area contributed by atoms with Crippen LogP contribution in [0.4, 0.5) is 26.7 Å². The zero-order valence-electron chi connectivity index (χ0n) is 17.8. The largest absolute Gasteiger partial charge is 0.335 e. The van der Waals surface area contributed by atoms with Crippen LogP contribution in [-0.2, 0) is 6.42 Å². The topological polar surface area (TPSA) is 82.3 Å². The van der Waals surface area contributed by atoms with Gasteiger partial charge in [0.2, 0.25) is 0 Å². The van der Waals surface area contributed by atoms with Crippen molar-refractivity contribution in [3.8, 4) is 0 Å². The summed E-state index contributed by atoms with van der Waals surface area (Å²) in [5.74, 6) is 0. The second kappa shape index (κ2) is 10.8. The Kier molecular flexibility index (Phi) is 7.65. The first kappa shape index (κ1) is 21.9. The minimum Gasteiger partial charge on any atom is -0.335 e. The zero-order chi connectivity index (χ0) is 22.1. The van der Waals surface area contributed by atoms with Gasteiger partial charge in [0.05, 0.1) is 0 Å². The smallest absolute Gasteiger partial charge is 0.323 e. The molecule has 31 heavy (non-hydrogen) atoms. The number of anilines is 3. The van der Waals surface area contributed by atoms with E-state index in [1.807, 2.05) is 68.4 Å². The summed E-state index contributed by atoms with van der Waals surface area (Å²) < 4.78 is 0. The molecular formula is C25H28N4O2. The van der Waals surface area contributed by atoms with Crippen LogP contribution in [0.3, 0.4) is 0 Å². The molecule has 0 saturated heterocycles. The van der Waals surface area contributed by atoms with Crippen molar-refractivity contribution in [3.05, 3.63) is 90.0 Å². The van der Waals surface area contributed by atoms with Crippen LogP contribution in [0.2, 0.25) is 0 Å². The first-order chi connectivity index (χ1) is 15.0. The van der Waals surface area contributed by atoms with Crippen LogP contribution in [0.5, 0.6) is 0 Å². The normalized spacial score (nSPS) is 11.3. The summed E-state index contributed by atoms with van der Waals surface area (Å²) in [6.07, 6.45) is 1.74. The quantitative estimate of drug-likeness (QED) is 0.394. The number of amides is 4. The molecular weight excluding hydrogens is 388 g/mol. The van der Waals surface area contributed by atoms with E-state index < -0.39 is 0 Å². The summed E-state index contributed by atoms with van der Waals surface area (Å²) in [6, 6.07) is 24.2. The maximum atomic E-state index is 12.4. The molecule has 4 amide bonds. The fraction of sp³-hybridized carbons (Fsp3) is 0.200. The third kappa shape index (κ3) is 7.19. The summed E-state index contributed by atoms with van der Waals surface area (Å²) in [4.78, 5) is 24.7. The van der Waals surface area contributed by atoms with Gasteiger partial charge in [-0.15, -0.1) is 0 Å². The maximum absolute atomic E-state index is 12.4. The standard InChI is InChI=1S/C25H28N4O2/c1-18-13-16-22(28-25(31)27-21-11-7-4-8-12-21)17-23(18)29-24(30)26-19(2)14-15-20-9-5-3-6-10-20/h3-13,16-17,19H,14-15H2,1-2H3,(H2,26,29,30)(H2,27,28,31). The van der Waals surface area contributed by atoms with Gasteiger partial charge < -0.3 is 21.3 Å². The van der Waals surface area contributed by atoms with Crippen LogP contribution in [0.15, 0.2) is 78.9 Å². The fourth-order valence-electron chi connectivity index (χ4n) is 3.13. The van der Waals surface area contributed by atoms with Crippen LogP contribution in [0, 0.1) is 6.92 Å². The number of para-hydroxylation sites is 1. The molecule has 6 heteroatoms. The highest BCUT2D eigenvalue weighted by molar-refractivity contribution is 6.00. The molecule has 0 heterocycles. The minimum absolute atomic E-state index is 0.0264. The molecule has 0 saturated carbocycles. The van der Waals surface area contributed by atoms with Crippen molar-refractivity contribution in [3.63, 3.8) is 0 Å². The van der Waals surface area contributed by atoms with Gasteiger partial charge in [-0.05, 0) is 62.1 Å². The summed E-state index contributed by atoms with van der Waals surface area (Å²) >= 11 is 0. The third-order valence-corrected chi connectivity index (χ3v) is 4.86. The summed E-state index contributed by atoms with van der Waals surface area (Å²) in [7, 11) is 0. The monoisotopic (exact) mass is 416 g/mol. The zero-order valence-corrected chi connectivity index (χ0v) is 17.8. The van der Waals surface area contributed by atoms with E-state index in [1.54, 1.807) is 12.1 Å². The predicted molar refractivity (Wildman–Crippen MR) is 127 cm³/mol. The number of rotatable bonds is 7. The lowest BCUT2D eigenvalue weighted by Crippen LogP contribution is -2.36. The average molecular weight is 417 g/mol. The van der Waals surface area contributed by atoms with Crippen LogP contribution in [0.25, 0.3) is 0 Å². The number of carbonyl (C=O) groups is 2. The van der Waals surface area contributed by atoms with Gasteiger partial charge in [-0.2, -0.15) is 0 Å². The predicted octanol–water partition coefficient (Wildman–Crippen LogP) is 5.78. The Morgan fingerprint density at radius 2 is 1.42 bits per heavy atom. The molecule has 1 unspecified atom stereocenters. The molecule has 0 spiro atoms. The molecule has 0 fully saturated rings. The van der Waals surface area contributed by atoms with E-state index in [9.17, 15) is 9.59 Å². The number of nitrogens with one attached hydrogen (secondary N) is 4. The summed E-state index contributed by atoms with van der Waals surface area (Å²) in [6.45, 7) is 3.89. The van der Waals surface area contributed by atoms with E-state index in [0.29, 0.717) is 17.1 Å². The first-order valence-electron chi connectivity index (χ1n) is 10.3. The van der Waals surface area contributed by atoms with Crippen molar-refractivity contribution in [1.29, 1.82) is 0 Å². The Bertz CT molecular complexity index is 1010. The molecule has 0 aliphatic carbocycles. The minimum atomic E-state index is -0.347. The molecule has 0 aromatic heterocycles. The lowest BCUT2D eigenvalue weighted by molar-refractivity contribution is 0.248. The van der Waals surface area contributed by atoms with Gasteiger partial charge in [0, 0.05) is 23.1 Å². The molecule has 3 aromatic rings. The van der Waals surface area contributed by atoms with Crippen LogP contribution < -0.4 is 21.3 Å². The van der Waals surface area contributed by atoms with Crippen LogP contribution in [0.1, 0.15) is 24.5 Å². The van der Waals surface area contributed by atoms with Gasteiger partial charge >= 0.3 is 12.1 Å². The Hall–Kier alpha value is -3.80. The van der Waals surface area contributed by atoms with Gasteiger partial charge in [-0.3, -0.25) is 0 Å². The van der Waals surface area contributed by atoms with Crippen LogP contribution >= 0.6 is 0 Å². The van der Waals surface area contributed by atoms with Crippen molar-refractivity contribution in [2.75, 3.05) is 16.0 Å². The van der Waals surface area contributed by atoms with Gasteiger partial charge in [0.1, 0.15) is 0 Å². The van der Waals surface area contributed by atoms with Gasteiger partial charge in [-0.25, -0.2) is 9.59 Å². The Labute approximate surface area is 183 Å². The van der Waals surface area contributed by atoms with E-state index in [4.69, 9.17) is 0 Å². The molecule has 3 aromatic carbocycles. The molecule has 4 N–H and O–H groups in total. The second-order valence-corrected chi connectivity index (χ2v) is 7.50. The molecule has 0 aliphatic heterocycles. The van der Waals surface area contributed by atoms with Gasteiger partial charge in [-0.1, -0.05) is 54.6 Å². The van der Waals surface area contributed by atoms with Crippen molar-refractivity contribution < 1.29 is 9.59 Å². The summed E-state index contributed by atoms with van der Waals surface area (Å²) in [5, 5.41) is 11.4. The van der Waals surface area contributed by atoms with Crippen molar-refractivity contribution in [2.24, 2.45) is 0 Å². The number of benzene rings is 3. The SMILES string of the molecule is Cc1ccc(NC(=O)Nc2ccccc2)cc1NC(=O)NC(C)CCc1ccccc1. The molecule has 3 rings (SSSR count). The average Bonchev–Trinajstić information content (AvgIpc) is 2.76. The highest BCUT2D eigenvalue weighted by Gasteiger charge is 2.10. The number of hydrogen-bond acceptors (Lipinski definition) is 2. The molecule has 6 nitrogen and oxygen atoms in total. The molecule has 160 valence electrons. The van der Waals surface area contributed by atoms with Crippen molar-refractivity contribution >= 4 is 29.1 Å². The molecule has 1 atom stereocenters. The summed E-state index contributed by atoms with van der Waals surface area (Å²) in [5.41, 5.74) is 4.09. The Balaban J connectivity index is 1.52. The highest BCUT2D eigenvalue weighted by Crippen LogP contribution is 2.21. The Morgan fingerprint density at radius 1 is 0.774 bits per heavy atom. The van der Waals surface area contributed by atoms with Crippen LogP contribution in [-0.4, -0.2) is 18.1 Å². The first-order valence-corrected chi connectivity index (χ1v) is 10.3. The number of carbonyl (C=O) groups excluding carboxylic acids is 2. The second-order valence-electron chi connectivity index (χ2n) is 7.50. The van der Waals surface area contributed by atoms with Gasteiger partial charge in [0.25, 0.3) is 0 Å². The van der Waals surface area contributed by atoms with E-state index in [2.05, 4.69) is 33.4 Å². The Morgan fingerprint density at radius 3 is 2.13 bits per heavy atom. The molecule has 0 radical (unpaired) electrons. The number of hydrogen-bond donors (Lipinski definition) is 4. The van der Waals surface area contributed by atoms with E-state index in [0.717, 1.165) is 18.4 Å². The third-order valence-electron chi connectivity index (χ3n) is 4.86. The fourth-order valence-corrected chi connectivity index (χ4v) is 3.13. The molecule has 0 aliphatic rings. The lowest BCUT2D eigenvalue weighted by atomic mass is 10.1. The van der Waals surface area contributed by atoms with Crippen molar-refractivity contribution in [2.45, 2.75) is 32.7 Å². The maximum Gasteiger partial charge on any atom is 0.323 e. The number of aryl methyl sites for hydroxylation is 2. The van der Waals surface area contributed by atoms with E-state index in [1.165, 1.54) is 5.56 Å². The van der Waals surface area contributed by atoms with Gasteiger partial charge in [0.15, 0.2) is 0 Å². The van der Waals surface area contributed by atoms with E-state index >= 15 is 0 Å². The van der Waals surface area contributed by atoms with Crippen molar-refractivity contribution in [1.82, 2.24) is 5.32 Å². The highest BCUT2D eigenvalue weighted by atomic mass is 16.2. The van der Waals surface area contributed by atoms with E-state index in [-0.39, 0.29) is 18.1 Å². The number of urea groups is 2.